The molecule has 1 heterocycles. The number of fused-ring (bicyclic) bond motifs is 1. The zero-order valence-electron chi connectivity index (χ0n) is 13.4. The van der Waals surface area contributed by atoms with E-state index in [2.05, 4.69) is 24.0 Å². The molecule has 0 aliphatic rings. The van der Waals surface area contributed by atoms with E-state index in [1.54, 1.807) is 7.11 Å². The van der Waals surface area contributed by atoms with Gasteiger partial charge in [0.05, 0.1) is 7.11 Å². The van der Waals surface area contributed by atoms with Gasteiger partial charge in [0.2, 0.25) is 0 Å². The summed E-state index contributed by atoms with van der Waals surface area (Å²) in [6.07, 6.45) is 8.80. The first kappa shape index (κ1) is 15.9. The molecule has 3 nitrogen and oxygen atoms in total. The molecule has 0 spiro atoms. The van der Waals surface area contributed by atoms with E-state index < -0.39 is 0 Å². The van der Waals surface area contributed by atoms with Crippen LogP contribution in [0.4, 0.5) is 0 Å². The molecule has 0 radical (unpaired) electrons. The molecule has 0 unspecified atom stereocenters. The van der Waals surface area contributed by atoms with Crippen LogP contribution in [0.2, 0.25) is 0 Å². The molecule has 0 bridgehead atoms. The van der Waals surface area contributed by atoms with E-state index in [1.165, 1.54) is 60.7 Å². The lowest BCUT2D eigenvalue weighted by Gasteiger charge is -2.04. The van der Waals surface area contributed by atoms with E-state index in [-0.39, 0.29) is 0 Å². The molecule has 0 fully saturated rings. The van der Waals surface area contributed by atoms with Gasteiger partial charge in [-0.1, -0.05) is 25.7 Å². The SMILES string of the molecule is COc1ccc2[nH]c(C)c(CCCCCCCCN)c2c1. The van der Waals surface area contributed by atoms with Crippen LogP contribution >= 0.6 is 0 Å². The number of aryl methyl sites for hydroxylation is 2. The highest BCUT2D eigenvalue weighted by atomic mass is 16.5. The minimum absolute atomic E-state index is 0.830. The first-order valence-corrected chi connectivity index (χ1v) is 8.11. The van der Waals surface area contributed by atoms with Crippen LogP contribution in [0.25, 0.3) is 10.9 Å². The highest BCUT2D eigenvalue weighted by Gasteiger charge is 2.09. The molecule has 116 valence electrons. The largest absolute Gasteiger partial charge is 0.497 e. The van der Waals surface area contributed by atoms with Crippen LogP contribution in [-0.2, 0) is 6.42 Å². The Morgan fingerprint density at radius 1 is 1.05 bits per heavy atom. The monoisotopic (exact) mass is 288 g/mol. The smallest absolute Gasteiger partial charge is 0.119 e. The van der Waals surface area contributed by atoms with Crippen molar-refractivity contribution >= 4 is 10.9 Å². The fraction of sp³-hybridized carbons (Fsp3) is 0.556. The Hall–Kier alpha value is -1.48. The molecule has 0 amide bonds. The van der Waals surface area contributed by atoms with Crippen LogP contribution < -0.4 is 10.5 Å². The highest BCUT2D eigenvalue weighted by Crippen LogP contribution is 2.27. The van der Waals surface area contributed by atoms with E-state index >= 15 is 0 Å². The summed E-state index contributed by atoms with van der Waals surface area (Å²) in [6, 6.07) is 6.27. The number of nitrogens with two attached hydrogens (primary N) is 1. The van der Waals surface area contributed by atoms with Gasteiger partial charge in [0.15, 0.2) is 0 Å². The maximum atomic E-state index is 5.51. The van der Waals surface area contributed by atoms with Gasteiger partial charge in [-0.25, -0.2) is 0 Å². The van der Waals surface area contributed by atoms with Gasteiger partial charge in [0, 0.05) is 16.6 Å². The molecule has 21 heavy (non-hydrogen) atoms. The average Bonchev–Trinajstić information content (AvgIpc) is 2.81. The van der Waals surface area contributed by atoms with Crippen LogP contribution in [0, 0.1) is 6.92 Å². The van der Waals surface area contributed by atoms with E-state index in [9.17, 15) is 0 Å². The van der Waals surface area contributed by atoms with E-state index in [4.69, 9.17) is 10.5 Å². The number of H-pyrrole nitrogens is 1. The zero-order valence-corrected chi connectivity index (χ0v) is 13.4. The number of aromatic amines is 1. The predicted octanol–water partition coefficient (Wildman–Crippen LogP) is 4.33. The molecule has 2 aromatic rings. The lowest BCUT2D eigenvalue weighted by atomic mass is 10.0. The van der Waals surface area contributed by atoms with Crippen LogP contribution in [-0.4, -0.2) is 18.6 Å². The normalized spacial score (nSPS) is 11.2. The van der Waals surface area contributed by atoms with Crippen LogP contribution in [0.1, 0.15) is 49.8 Å². The van der Waals surface area contributed by atoms with Crippen molar-refractivity contribution in [2.45, 2.75) is 51.9 Å². The quantitative estimate of drug-likeness (QED) is 0.675. The summed E-state index contributed by atoms with van der Waals surface area (Å²) < 4.78 is 5.34. The maximum Gasteiger partial charge on any atom is 0.119 e. The van der Waals surface area contributed by atoms with Crippen molar-refractivity contribution in [3.05, 3.63) is 29.5 Å². The standard InChI is InChI=1S/C18H28N2O/c1-14-16(9-7-5-3-4-6-8-12-19)17-13-15(21-2)10-11-18(17)20-14/h10-11,13,20H,3-9,12,19H2,1-2H3. The minimum Gasteiger partial charge on any atom is -0.497 e. The summed E-state index contributed by atoms with van der Waals surface area (Å²) in [5.41, 5.74) is 9.47. The summed E-state index contributed by atoms with van der Waals surface area (Å²) in [5.74, 6) is 0.935. The zero-order chi connectivity index (χ0) is 15.1. The Morgan fingerprint density at radius 2 is 1.76 bits per heavy atom. The summed E-state index contributed by atoms with van der Waals surface area (Å²) >= 11 is 0. The topological polar surface area (TPSA) is 51.0 Å². The molecule has 1 aromatic heterocycles. The van der Waals surface area contributed by atoms with Gasteiger partial charge in [-0.2, -0.15) is 0 Å². The van der Waals surface area contributed by atoms with Gasteiger partial charge in [0.1, 0.15) is 5.75 Å². The second kappa shape index (κ2) is 8.08. The number of ether oxygens (including phenoxy) is 1. The van der Waals surface area contributed by atoms with E-state index in [0.717, 1.165) is 18.7 Å². The summed E-state index contributed by atoms with van der Waals surface area (Å²) in [6.45, 7) is 3.00. The van der Waals surface area contributed by atoms with Crippen molar-refractivity contribution in [3.63, 3.8) is 0 Å². The third-order valence-electron chi connectivity index (χ3n) is 4.21. The minimum atomic E-state index is 0.830. The van der Waals surface area contributed by atoms with E-state index in [1.807, 2.05) is 6.07 Å². The summed E-state index contributed by atoms with van der Waals surface area (Å²) in [5, 5.41) is 1.31. The summed E-state index contributed by atoms with van der Waals surface area (Å²) in [4.78, 5) is 3.48. The third-order valence-corrected chi connectivity index (χ3v) is 4.21. The third kappa shape index (κ3) is 4.24. The van der Waals surface area contributed by atoms with Crippen molar-refractivity contribution in [3.8, 4) is 5.75 Å². The number of rotatable bonds is 9. The molecule has 0 aliphatic carbocycles. The first-order chi connectivity index (χ1) is 10.3. The molecular weight excluding hydrogens is 260 g/mol. The van der Waals surface area contributed by atoms with Crippen molar-refractivity contribution in [2.75, 3.05) is 13.7 Å². The molecule has 0 saturated carbocycles. The van der Waals surface area contributed by atoms with Gasteiger partial charge in [0.25, 0.3) is 0 Å². The molecule has 2 rings (SSSR count). The van der Waals surface area contributed by atoms with Gasteiger partial charge in [-0.05, 0) is 56.5 Å². The fourth-order valence-corrected chi connectivity index (χ4v) is 2.96. The number of hydrogen-bond donors (Lipinski definition) is 2. The molecule has 0 saturated heterocycles. The average molecular weight is 288 g/mol. The number of nitrogens with one attached hydrogen (secondary N) is 1. The van der Waals surface area contributed by atoms with Crippen LogP contribution in [0.15, 0.2) is 18.2 Å². The molecule has 0 atom stereocenters. The highest BCUT2D eigenvalue weighted by molar-refractivity contribution is 5.86. The molecule has 0 aliphatic heterocycles. The predicted molar refractivity (Wildman–Crippen MR) is 90.0 cm³/mol. The van der Waals surface area contributed by atoms with Crippen molar-refractivity contribution in [1.29, 1.82) is 0 Å². The van der Waals surface area contributed by atoms with E-state index in [0.29, 0.717) is 0 Å². The van der Waals surface area contributed by atoms with Gasteiger partial charge >= 0.3 is 0 Å². The van der Waals surface area contributed by atoms with Gasteiger partial charge < -0.3 is 15.5 Å². The van der Waals surface area contributed by atoms with Gasteiger partial charge in [-0.15, -0.1) is 0 Å². The first-order valence-electron chi connectivity index (χ1n) is 8.11. The molecule has 3 heteroatoms. The van der Waals surface area contributed by atoms with Crippen molar-refractivity contribution in [1.82, 2.24) is 4.98 Å². The number of methoxy groups -OCH3 is 1. The number of unbranched alkanes of at least 4 members (excludes halogenated alkanes) is 5. The second-order valence-corrected chi connectivity index (χ2v) is 5.80. The van der Waals surface area contributed by atoms with Gasteiger partial charge in [-0.3, -0.25) is 0 Å². The lowest BCUT2D eigenvalue weighted by molar-refractivity contribution is 0.415. The van der Waals surface area contributed by atoms with Crippen LogP contribution in [0.3, 0.4) is 0 Å². The van der Waals surface area contributed by atoms with Crippen molar-refractivity contribution < 1.29 is 4.74 Å². The number of hydrogen-bond acceptors (Lipinski definition) is 2. The van der Waals surface area contributed by atoms with Crippen LogP contribution in [0.5, 0.6) is 5.75 Å². The Bertz CT molecular complexity index is 560. The number of aromatic nitrogens is 1. The Balaban J connectivity index is 1.90. The lowest BCUT2D eigenvalue weighted by Crippen LogP contribution is -1.97. The summed E-state index contributed by atoms with van der Waals surface area (Å²) in [7, 11) is 1.72. The Kier molecular flexibility index (Phi) is 6.12. The molecule has 1 aromatic carbocycles. The van der Waals surface area contributed by atoms with Crippen molar-refractivity contribution in [2.24, 2.45) is 5.73 Å². The fourth-order valence-electron chi connectivity index (χ4n) is 2.96. The maximum absolute atomic E-state index is 5.51. The molecular formula is C18H28N2O. The Labute approximate surface area is 127 Å². The Morgan fingerprint density at radius 3 is 2.48 bits per heavy atom. The second-order valence-electron chi connectivity index (χ2n) is 5.80. The molecule has 3 N–H and O–H groups in total. The number of benzene rings is 1.